The number of hydrogen-bond donors (Lipinski definition) is 1. The molecule has 6 heteroatoms. The van der Waals surface area contributed by atoms with Gasteiger partial charge in [0.15, 0.2) is 6.61 Å². The number of carbonyl (C=O) groups is 2. The lowest BCUT2D eigenvalue weighted by Gasteiger charge is -2.19. The van der Waals surface area contributed by atoms with E-state index in [1.807, 2.05) is 18.2 Å². The summed E-state index contributed by atoms with van der Waals surface area (Å²) in [5, 5.41) is 2.81. The number of rotatable bonds is 11. The number of carbonyl (C=O) groups excluding carboxylic acids is 2. The van der Waals surface area contributed by atoms with E-state index in [0.717, 1.165) is 25.9 Å². The van der Waals surface area contributed by atoms with Gasteiger partial charge in [0.2, 0.25) is 0 Å². The summed E-state index contributed by atoms with van der Waals surface area (Å²) < 4.78 is 11.3. The average molecular weight is 370 g/mol. The van der Waals surface area contributed by atoms with Crippen LogP contribution in [0.4, 0.5) is 5.69 Å². The van der Waals surface area contributed by atoms with Crippen LogP contribution in [0.5, 0.6) is 11.5 Å². The Bertz CT molecular complexity index is 727. The van der Waals surface area contributed by atoms with E-state index in [1.165, 1.54) is 0 Å². The Hall–Kier alpha value is -2.86. The lowest BCUT2D eigenvalue weighted by Crippen LogP contribution is -2.28. The first-order valence-corrected chi connectivity index (χ1v) is 9.08. The summed E-state index contributed by atoms with van der Waals surface area (Å²) in [5.74, 6) is 0.877. The molecule has 0 unspecified atom stereocenters. The molecule has 2 aromatic rings. The number of aldehydes is 1. The van der Waals surface area contributed by atoms with Gasteiger partial charge >= 0.3 is 0 Å². The summed E-state index contributed by atoms with van der Waals surface area (Å²) in [6.07, 6.45) is 0.758. The fraction of sp³-hybridized carbons (Fsp3) is 0.333. The topological polar surface area (TPSA) is 67.9 Å². The van der Waals surface area contributed by atoms with Gasteiger partial charge in [0.25, 0.3) is 5.91 Å². The van der Waals surface area contributed by atoms with Crippen molar-refractivity contribution in [2.75, 3.05) is 38.2 Å². The van der Waals surface area contributed by atoms with Gasteiger partial charge in [0.1, 0.15) is 24.4 Å². The molecule has 0 aliphatic carbocycles. The second-order valence-electron chi connectivity index (χ2n) is 5.90. The molecule has 0 aromatic heterocycles. The number of nitrogens with one attached hydrogen (secondary N) is 1. The summed E-state index contributed by atoms with van der Waals surface area (Å²) >= 11 is 0. The van der Waals surface area contributed by atoms with Crippen LogP contribution < -0.4 is 14.8 Å². The fourth-order valence-electron chi connectivity index (χ4n) is 2.50. The van der Waals surface area contributed by atoms with E-state index in [1.54, 1.807) is 30.3 Å². The van der Waals surface area contributed by atoms with Crippen LogP contribution in [0, 0.1) is 0 Å². The molecule has 0 heterocycles. The third-order valence-corrected chi connectivity index (χ3v) is 4.11. The Labute approximate surface area is 160 Å². The zero-order valence-corrected chi connectivity index (χ0v) is 15.8. The van der Waals surface area contributed by atoms with Gasteiger partial charge in [0.05, 0.1) is 5.69 Å². The van der Waals surface area contributed by atoms with Gasteiger partial charge in [-0.1, -0.05) is 26.0 Å². The molecule has 0 saturated carbocycles. The highest BCUT2D eigenvalue weighted by atomic mass is 16.5. The molecule has 144 valence electrons. The molecular formula is C21H26N2O4. The molecule has 0 saturated heterocycles. The monoisotopic (exact) mass is 370 g/mol. The summed E-state index contributed by atoms with van der Waals surface area (Å²) in [4.78, 5) is 25.1. The highest BCUT2D eigenvalue weighted by Crippen LogP contribution is 2.23. The van der Waals surface area contributed by atoms with Crippen molar-refractivity contribution < 1.29 is 19.1 Å². The van der Waals surface area contributed by atoms with Crippen LogP contribution in [0.1, 0.15) is 24.2 Å². The standard InChI is InChI=1S/C21H26N2O4/c1-3-23(4-2)13-14-26-20-8-6-5-7-19(20)22-21(25)16-27-18-11-9-17(15-24)10-12-18/h5-12,15H,3-4,13-14,16H2,1-2H3,(H,22,25). The molecule has 0 aliphatic heterocycles. The first-order chi connectivity index (χ1) is 13.2. The van der Waals surface area contributed by atoms with Crippen molar-refractivity contribution in [3.8, 4) is 11.5 Å². The fourth-order valence-corrected chi connectivity index (χ4v) is 2.50. The van der Waals surface area contributed by atoms with Gasteiger partial charge < -0.3 is 19.7 Å². The lowest BCUT2D eigenvalue weighted by atomic mass is 10.2. The zero-order valence-electron chi connectivity index (χ0n) is 15.8. The molecule has 0 spiro atoms. The van der Waals surface area contributed by atoms with Gasteiger partial charge in [0, 0.05) is 12.1 Å². The van der Waals surface area contributed by atoms with Crippen molar-refractivity contribution in [3.05, 3.63) is 54.1 Å². The number of ether oxygens (including phenoxy) is 2. The van der Waals surface area contributed by atoms with Gasteiger partial charge in [-0.15, -0.1) is 0 Å². The highest BCUT2D eigenvalue weighted by Gasteiger charge is 2.09. The first-order valence-electron chi connectivity index (χ1n) is 9.08. The maximum absolute atomic E-state index is 12.2. The van der Waals surface area contributed by atoms with Crippen molar-refractivity contribution in [2.45, 2.75) is 13.8 Å². The number of hydrogen-bond acceptors (Lipinski definition) is 5. The molecule has 1 N–H and O–H groups in total. The van der Waals surface area contributed by atoms with E-state index in [-0.39, 0.29) is 12.5 Å². The minimum atomic E-state index is -0.283. The molecule has 27 heavy (non-hydrogen) atoms. The minimum absolute atomic E-state index is 0.131. The molecule has 1 amide bonds. The molecule has 2 aromatic carbocycles. The number of nitrogens with zero attached hydrogens (tertiary/aromatic N) is 1. The zero-order chi connectivity index (χ0) is 19.5. The van der Waals surface area contributed by atoms with Crippen molar-refractivity contribution >= 4 is 17.9 Å². The normalized spacial score (nSPS) is 10.5. The maximum atomic E-state index is 12.2. The van der Waals surface area contributed by atoms with Crippen LogP contribution in [0.3, 0.4) is 0 Å². The summed E-state index contributed by atoms with van der Waals surface area (Å²) in [6, 6.07) is 13.9. The van der Waals surface area contributed by atoms with Gasteiger partial charge in [-0.05, 0) is 49.5 Å². The van der Waals surface area contributed by atoms with Crippen LogP contribution in [0.15, 0.2) is 48.5 Å². The largest absolute Gasteiger partial charge is 0.490 e. The molecule has 0 aliphatic rings. The number of benzene rings is 2. The molecule has 0 bridgehead atoms. The third-order valence-electron chi connectivity index (χ3n) is 4.11. The highest BCUT2D eigenvalue weighted by molar-refractivity contribution is 5.93. The molecule has 2 rings (SSSR count). The van der Waals surface area contributed by atoms with Gasteiger partial charge in [-0.25, -0.2) is 0 Å². The molecule has 6 nitrogen and oxygen atoms in total. The summed E-state index contributed by atoms with van der Waals surface area (Å²) in [5.41, 5.74) is 1.17. The Kier molecular flexibility index (Phi) is 8.32. The van der Waals surface area contributed by atoms with E-state index in [9.17, 15) is 9.59 Å². The second-order valence-corrected chi connectivity index (χ2v) is 5.90. The van der Waals surface area contributed by atoms with E-state index in [2.05, 4.69) is 24.1 Å². The average Bonchev–Trinajstić information content (AvgIpc) is 2.71. The van der Waals surface area contributed by atoms with E-state index in [4.69, 9.17) is 9.47 Å². The Morgan fingerprint density at radius 1 is 1.04 bits per heavy atom. The smallest absolute Gasteiger partial charge is 0.262 e. The summed E-state index contributed by atoms with van der Waals surface area (Å²) in [7, 11) is 0. The predicted molar refractivity (Wildman–Crippen MR) is 106 cm³/mol. The first kappa shape index (κ1) is 20.5. The number of anilines is 1. The summed E-state index contributed by atoms with van der Waals surface area (Å²) in [6.45, 7) is 7.43. The second kappa shape index (κ2) is 11.0. The third kappa shape index (κ3) is 6.75. The van der Waals surface area contributed by atoms with Gasteiger partial charge in [-0.2, -0.15) is 0 Å². The van der Waals surface area contributed by atoms with Crippen LogP contribution in [0.25, 0.3) is 0 Å². The van der Waals surface area contributed by atoms with Crippen LogP contribution in [-0.2, 0) is 4.79 Å². The minimum Gasteiger partial charge on any atom is -0.490 e. The van der Waals surface area contributed by atoms with E-state index >= 15 is 0 Å². The molecule has 0 atom stereocenters. The van der Waals surface area contributed by atoms with Crippen molar-refractivity contribution in [2.24, 2.45) is 0 Å². The molecular weight excluding hydrogens is 344 g/mol. The number of amides is 1. The lowest BCUT2D eigenvalue weighted by molar-refractivity contribution is -0.118. The van der Waals surface area contributed by atoms with Gasteiger partial charge in [-0.3, -0.25) is 9.59 Å². The Balaban J connectivity index is 1.86. The van der Waals surface area contributed by atoms with E-state index in [0.29, 0.717) is 29.4 Å². The predicted octanol–water partition coefficient (Wildman–Crippen LogP) is 3.24. The Morgan fingerprint density at radius 3 is 2.41 bits per heavy atom. The maximum Gasteiger partial charge on any atom is 0.262 e. The van der Waals surface area contributed by atoms with Crippen molar-refractivity contribution in [3.63, 3.8) is 0 Å². The van der Waals surface area contributed by atoms with Crippen molar-refractivity contribution in [1.29, 1.82) is 0 Å². The van der Waals surface area contributed by atoms with Crippen LogP contribution in [0.2, 0.25) is 0 Å². The molecule has 0 fully saturated rings. The van der Waals surface area contributed by atoms with Crippen LogP contribution in [-0.4, -0.2) is 49.9 Å². The van der Waals surface area contributed by atoms with Crippen LogP contribution >= 0.6 is 0 Å². The molecule has 0 radical (unpaired) electrons. The van der Waals surface area contributed by atoms with E-state index < -0.39 is 0 Å². The quantitative estimate of drug-likeness (QED) is 0.615. The Morgan fingerprint density at radius 2 is 1.74 bits per heavy atom. The number of likely N-dealkylation sites (N-methyl/N-ethyl adjacent to an activating group) is 1. The van der Waals surface area contributed by atoms with Crippen molar-refractivity contribution in [1.82, 2.24) is 4.90 Å². The number of para-hydroxylation sites is 2. The SMILES string of the molecule is CCN(CC)CCOc1ccccc1NC(=O)COc1ccc(C=O)cc1.